The average molecular weight is 459 g/mol. The van der Waals surface area contributed by atoms with E-state index in [-0.39, 0.29) is 5.78 Å². The molecule has 0 spiro atoms. The third-order valence-electron chi connectivity index (χ3n) is 4.96. The molecule has 0 aromatic heterocycles. The fraction of sp³-hybridized carbons (Fsp3) is 0.800. The number of ketones is 2. The van der Waals surface area contributed by atoms with Crippen molar-refractivity contribution in [3.05, 3.63) is 12.2 Å². The molecule has 0 rings (SSSR count). The third-order valence-corrected chi connectivity index (χ3v) is 4.96. The lowest BCUT2D eigenvalue weighted by Gasteiger charge is -2.12. The maximum atomic E-state index is 10.8. The van der Waals surface area contributed by atoms with E-state index >= 15 is 0 Å². The van der Waals surface area contributed by atoms with Crippen molar-refractivity contribution in [3.8, 4) is 0 Å². The number of allylic oxidation sites excluding steroid dienone is 2. The SMILES string of the molecule is CC(=O)CC(=O)C(O)C(O)CO.CCCCCCCC/C=C\CCCCCCCC(=O)O. The fourth-order valence-electron chi connectivity index (χ4n) is 3.01. The number of rotatable bonds is 20. The summed E-state index contributed by atoms with van der Waals surface area (Å²) in [5, 5.41) is 34.6. The van der Waals surface area contributed by atoms with Crippen LogP contribution in [0.15, 0.2) is 12.2 Å². The van der Waals surface area contributed by atoms with Gasteiger partial charge in [0, 0.05) is 6.42 Å². The molecule has 0 saturated heterocycles. The minimum atomic E-state index is -1.67. The number of carbonyl (C=O) groups is 3. The van der Waals surface area contributed by atoms with Crippen LogP contribution >= 0.6 is 0 Å². The standard InChI is InChI=1S/C18H34O2.C7H12O5/c1-2-3-4-5-6-7-8-9-10-11-12-13-14-15-16-17-18(19)20;1-4(9)2-5(10)7(12)6(11)3-8/h9-10H,2-8,11-17H2,1H3,(H,19,20);6-8,11-12H,2-3H2,1H3/b10-9-;. The van der Waals surface area contributed by atoms with Gasteiger partial charge in [-0.1, -0.05) is 70.4 Å². The second-order valence-corrected chi connectivity index (χ2v) is 8.27. The Kier molecular flexibility index (Phi) is 24.5. The molecule has 2 unspecified atom stereocenters. The van der Waals surface area contributed by atoms with Crippen molar-refractivity contribution in [2.24, 2.45) is 0 Å². The number of carboxylic acid groups (broad SMARTS) is 1. The summed E-state index contributed by atoms with van der Waals surface area (Å²) >= 11 is 0. The quantitative estimate of drug-likeness (QED) is 0.121. The second-order valence-electron chi connectivity index (χ2n) is 8.27. The molecule has 0 bridgehead atoms. The average Bonchev–Trinajstić information content (AvgIpc) is 2.75. The molecule has 0 amide bonds. The Morgan fingerprint density at radius 2 is 1.25 bits per heavy atom. The number of aliphatic carboxylic acids is 1. The molecular weight excluding hydrogens is 412 g/mol. The van der Waals surface area contributed by atoms with Crippen molar-refractivity contribution in [1.29, 1.82) is 0 Å². The number of Topliss-reactive ketones (excluding diaryl/α,β-unsaturated/α-hetero) is 2. The van der Waals surface area contributed by atoms with E-state index in [4.69, 9.17) is 20.4 Å². The van der Waals surface area contributed by atoms with Crippen LogP contribution in [0.3, 0.4) is 0 Å². The fourth-order valence-corrected chi connectivity index (χ4v) is 3.01. The molecule has 188 valence electrons. The Morgan fingerprint density at radius 3 is 1.69 bits per heavy atom. The summed E-state index contributed by atoms with van der Waals surface area (Å²) in [7, 11) is 0. The van der Waals surface area contributed by atoms with E-state index in [2.05, 4.69) is 19.1 Å². The molecule has 0 aliphatic heterocycles. The van der Waals surface area contributed by atoms with Crippen LogP contribution < -0.4 is 0 Å². The highest BCUT2D eigenvalue weighted by Gasteiger charge is 2.23. The molecule has 0 aromatic rings. The summed E-state index contributed by atoms with van der Waals surface area (Å²) in [5.74, 6) is -1.82. The molecule has 32 heavy (non-hydrogen) atoms. The number of carbonyl (C=O) groups excluding carboxylic acids is 2. The molecule has 2 atom stereocenters. The van der Waals surface area contributed by atoms with Crippen molar-refractivity contribution in [2.75, 3.05) is 6.61 Å². The van der Waals surface area contributed by atoms with Crippen molar-refractivity contribution in [1.82, 2.24) is 0 Å². The summed E-state index contributed by atoms with van der Waals surface area (Å²) in [4.78, 5) is 31.5. The summed E-state index contributed by atoms with van der Waals surface area (Å²) in [6, 6.07) is 0. The molecule has 0 aliphatic rings. The topological polar surface area (TPSA) is 132 Å². The monoisotopic (exact) mass is 458 g/mol. The Hall–Kier alpha value is -1.57. The van der Waals surface area contributed by atoms with Crippen molar-refractivity contribution in [3.63, 3.8) is 0 Å². The molecule has 7 nitrogen and oxygen atoms in total. The van der Waals surface area contributed by atoms with Crippen LogP contribution in [0.5, 0.6) is 0 Å². The molecule has 0 heterocycles. The maximum absolute atomic E-state index is 10.8. The normalized spacial score (nSPS) is 12.8. The van der Waals surface area contributed by atoms with Gasteiger partial charge >= 0.3 is 5.97 Å². The Balaban J connectivity index is 0. The van der Waals surface area contributed by atoms with Crippen LogP contribution in [0.1, 0.15) is 110 Å². The van der Waals surface area contributed by atoms with Gasteiger partial charge in [0.15, 0.2) is 5.78 Å². The zero-order valence-electron chi connectivity index (χ0n) is 20.1. The smallest absolute Gasteiger partial charge is 0.303 e. The van der Waals surface area contributed by atoms with E-state index in [0.717, 1.165) is 12.8 Å². The van der Waals surface area contributed by atoms with Crippen LogP contribution in [0.4, 0.5) is 0 Å². The van der Waals surface area contributed by atoms with Gasteiger partial charge in [0.2, 0.25) is 0 Å². The highest BCUT2D eigenvalue weighted by atomic mass is 16.4. The largest absolute Gasteiger partial charge is 0.481 e. The first kappa shape index (κ1) is 32.6. The predicted octanol–water partition coefficient (Wildman–Crippen LogP) is 4.36. The molecule has 0 radical (unpaired) electrons. The number of unbranched alkanes of at least 4 members (excludes halogenated alkanes) is 11. The molecular formula is C25H46O7. The van der Waals surface area contributed by atoms with E-state index in [1.807, 2.05) is 0 Å². The van der Waals surface area contributed by atoms with Gasteiger partial charge in [0.1, 0.15) is 18.0 Å². The zero-order valence-corrected chi connectivity index (χ0v) is 20.1. The molecule has 0 fully saturated rings. The van der Waals surface area contributed by atoms with Gasteiger partial charge in [-0.25, -0.2) is 0 Å². The van der Waals surface area contributed by atoms with Gasteiger partial charge in [-0.05, 0) is 39.0 Å². The number of carboxylic acids is 1. The Labute approximate surface area is 193 Å². The lowest BCUT2D eigenvalue weighted by molar-refractivity contribution is -0.138. The van der Waals surface area contributed by atoms with Crippen LogP contribution in [-0.2, 0) is 14.4 Å². The first-order valence-corrected chi connectivity index (χ1v) is 12.1. The van der Waals surface area contributed by atoms with Crippen LogP contribution in [0.2, 0.25) is 0 Å². The minimum Gasteiger partial charge on any atom is -0.481 e. The number of hydrogen-bond donors (Lipinski definition) is 4. The summed E-state index contributed by atoms with van der Waals surface area (Å²) in [6.45, 7) is 2.76. The van der Waals surface area contributed by atoms with Crippen molar-refractivity contribution < 1.29 is 34.8 Å². The highest BCUT2D eigenvalue weighted by Crippen LogP contribution is 2.09. The maximum Gasteiger partial charge on any atom is 0.303 e. The minimum absolute atomic E-state index is 0.332. The lowest BCUT2D eigenvalue weighted by Crippen LogP contribution is -2.37. The van der Waals surface area contributed by atoms with Crippen LogP contribution in [-0.4, -0.2) is 56.8 Å². The summed E-state index contributed by atoms with van der Waals surface area (Å²) < 4.78 is 0. The van der Waals surface area contributed by atoms with Crippen molar-refractivity contribution in [2.45, 2.75) is 122 Å². The van der Waals surface area contributed by atoms with Gasteiger partial charge in [-0.15, -0.1) is 0 Å². The summed E-state index contributed by atoms with van der Waals surface area (Å²) in [6.07, 6.45) is 17.7. The summed E-state index contributed by atoms with van der Waals surface area (Å²) in [5.41, 5.74) is 0. The number of hydrogen-bond acceptors (Lipinski definition) is 6. The van der Waals surface area contributed by atoms with Crippen LogP contribution in [0, 0.1) is 0 Å². The Morgan fingerprint density at radius 1 is 0.781 bits per heavy atom. The molecule has 0 aromatic carbocycles. The van der Waals surface area contributed by atoms with E-state index in [1.54, 1.807) is 0 Å². The third kappa shape index (κ3) is 24.7. The van der Waals surface area contributed by atoms with E-state index < -0.39 is 37.0 Å². The molecule has 4 N–H and O–H groups in total. The first-order chi connectivity index (χ1) is 15.3. The van der Waals surface area contributed by atoms with E-state index in [9.17, 15) is 14.4 Å². The van der Waals surface area contributed by atoms with Gasteiger partial charge < -0.3 is 20.4 Å². The van der Waals surface area contributed by atoms with Gasteiger partial charge in [0.25, 0.3) is 0 Å². The number of aliphatic hydroxyl groups excluding tert-OH is 3. The highest BCUT2D eigenvalue weighted by molar-refractivity contribution is 6.00. The van der Waals surface area contributed by atoms with E-state index in [1.165, 1.54) is 77.6 Å². The first-order valence-electron chi connectivity index (χ1n) is 12.1. The second kappa shape index (κ2) is 24.1. The molecule has 7 heteroatoms. The van der Waals surface area contributed by atoms with Crippen LogP contribution in [0.25, 0.3) is 0 Å². The van der Waals surface area contributed by atoms with Gasteiger partial charge in [0.05, 0.1) is 13.0 Å². The predicted molar refractivity (Wildman–Crippen MR) is 126 cm³/mol. The van der Waals surface area contributed by atoms with Gasteiger partial charge in [-0.2, -0.15) is 0 Å². The number of aliphatic hydroxyl groups is 3. The van der Waals surface area contributed by atoms with E-state index in [0.29, 0.717) is 6.42 Å². The zero-order chi connectivity index (χ0) is 24.6. The molecule has 0 saturated carbocycles. The van der Waals surface area contributed by atoms with Gasteiger partial charge in [-0.3, -0.25) is 14.4 Å². The van der Waals surface area contributed by atoms with Crippen molar-refractivity contribution >= 4 is 17.5 Å². The Bertz CT molecular complexity index is 503. The molecule has 0 aliphatic carbocycles. The lowest BCUT2D eigenvalue weighted by atomic mass is 10.1.